The molecular formula is C16H20N4O4S2. The first-order chi connectivity index (χ1) is 12.5. The summed E-state index contributed by atoms with van der Waals surface area (Å²) in [6.45, 7) is 2.12. The van der Waals surface area contributed by atoms with Gasteiger partial charge in [-0.1, -0.05) is 12.1 Å². The number of thiazole rings is 1. The average Bonchev–Trinajstić information content (AvgIpc) is 3.16. The number of benzene rings is 1. The highest BCUT2D eigenvalue weighted by molar-refractivity contribution is 7.89. The van der Waals surface area contributed by atoms with Crippen molar-refractivity contribution in [2.45, 2.75) is 18.0 Å². The van der Waals surface area contributed by atoms with Crippen LogP contribution in [0.15, 0.2) is 34.5 Å². The molecule has 1 aliphatic heterocycles. The van der Waals surface area contributed by atoms with Crippen LogP contribution in [0.4, 0.5) is 0 Å². The molecule has 1 amide bonds. The minimum Gasteiger partial charge on any atom is -0.379 e. The fraction of sp³-hybridized carbons (Fsp3) is 0.375. The molecule has 0 radical (unpaired) electrons. The third kappa shape index (κ3) is 4.27. The molecule has 26 heavy (non-hydrogen) atoms. The summed E-state index contributed by atoms with van der Waals surface area (Å²) < 4.78 is 31.7. The molecule has 0 aliphatic carbocycles. The molecular weight excluding hydrogens is 376 g/mol. The maximum absolute atomic E-state index is 12.6. The van der Waals surface area contributed by atoms with Gasteiger partial charge >= 0.3 is 0 Å². The van der Waals surface area contributed by atoms with E-state index in [4.69, 9.17) is 10.5 Å². The Labute approximate surface area is 156 Å². The number of aromatic nitrogens is 1. The Balaban J connectivity index is 1.61. The molecule has 1 aromatic heterocycles. The van der Waals surface area contributed by atoms with Gasteiger partial charge in [0.25, 0.3) is 5.91 Å². The fourth-order valence-electron chi connectivity index (χ4n) is 2.50. The maximum atomic E-state index is 12.6. The summed E-state index contributed by atoms with van der Waals surface area (Å²) in [5.41, 5.74) is 6.62. The van der Waals surface area contributed by atoms with Gasteiger partial charge in [-0.25, -0.2) is 13.4 Å². The van der Waals surface area contributed by atoms with E-state index >= 15 is 0 Å². The van der Waals surface area contributed by atoms with Crippen LogP contribution in [0.3, 0.4) is 0 Å². The molecule has 140 valence electrons. The molecule has 0 atom stereocenters. The largest absolute Gasteiger partial charge is 0.379 e. The van der Waals surface area contributed by atoms with Gasteiger partial charge in [0.2, 0.25) is 10.0 Å². The van der Waals surface area contributed by atoms with Crippen LogP contribution in [0.2, 0.25) is 0 Å². The quantitative estimate of drug-likeness (QED) is 0.737. The summed E-state index contributed by atoms with van der Waals surface area (Å²) in [4.78, 5) is 16.4. The lowest BCUT2D eigenvalue weighted by Gasteiger charge is -2.26. The Hall–Kier alpha value is -1.85. The van der Waals surface area contributed by atoms with Gasteiger partial charge in [-0.05, 0) is 17.7 Å². The second-order valence-electron chi connectivity index (χ2n) is 5.67. The van der Waals surface area contributed by atoms with Crippen molar-refractivity contribution in [2.75, 3.05) is 26.3 Å². The summed E-state index contributed by atoms with van der Waals surface area (Å²) in [6, 6.07) is 6.50. The Bertz CT molecular complexity index is 859. The molecule has 2 aromatic rings. The van der Waals surface area contributed by atoms with Crippen molar-refractivity contribution >= 4 is 27.3 Å². The van der Waals surface area contributed by atoms with Crippen LogP contribution in [0.1, 0.15) is 21.1 Å². The minimum atomic E-state index is -3.51. The van der Waals surface area contributed by atoms with E-state index in [0.29, 0.717) is 43.5 Å². The normalized spacial score (nSPS) is 15.7. The van der Waals surface area contributed by atoms with Crippen LogP contribution in [-0.2, 0) is 27.8 Å². The first-order valence-electron chi connectivity index (χ1n) is 8.10. The number of carbonyl (C=O) groups is 1. The third-order valence-electron chi connectivity index (χ3n) is 3.94. The number of sulfonamides is 1. The highest BCUT2D eigenvalue weighted by Gasteiger charge is 2.26. The number of nitrogens with one attached hydrogen (secondary N) is 1. The highest BCUT2D eigenvalue weighted by Crippen LogP contribution is 2.18. The predicted molar refractivity (Wildman–Crippen MR) is 97.2 cm³/mol. The van der Waals surface area contributed by atoms with Crippen molar-refractivity contribution in [3.05, 3.63) is 45.9 Å². The monoisotopic (exact) mass is 396 g/mol. The molecule has 3 rings (SSSR count). The van der Waals surface area contributed by atoms with Gasteiger partial charge < -0.3 is 15.8 Å². The van der Waals surface area contributed by atoms with E-state index in [1.807, 2.05) is 0 Å². The van der Waals surface area contributed by atoms with E-state index in [-0.39, 0.29) is 17.3 Å². The number of nitrogens with zero attached hydrogens (tertiary/aromatic N) is 2. The standard InChI is InChI=1S/C16H20N4O4S2/c17-9-15-19-14(11-25-15)16(21)18-10-12-1-3-13(4-2-12)26(22,23)20-5-7-24-8-6-20/h1-4,11H,5-10,17H2,(H,18,21). The number of rotatable bonds is 6. The van der Waals surface area contributed by atoms with Gasteiger partial charge in [0, 0.05) is 31.6 Å². The van der Waals surface area contributed by atoms with Gasteiger partial charge in [-0.2, -0.15) is 4.31 Å². The molecule has 1 aliphatic rings. The molecule has 0 bridgehead atoms. The van der Waals surface area contributed by atoms with Gasteiger partial charge in [0.05, 0.1) is 18.1 Å². The van der Waals surface area contributed by atoms with E-state index in [0.717, 1.165) is 5.56 Å². The Kier molecular flexibility index (Phi) is 5.99. The molecule has 1 aromatic carbocycles. The minimum absolute atomic E-state index is 0.238. The number of hydrogen-bond donors (Lipinski definition) is 2. The summed E-state index contributed by atoms with van der Waals surface area (Å²) in [7, 11) is -3.51. The first kappa shape index (κ1) is 18.9. The van der Waals surface area contributed by atoms with E-state index in [1.54, 1.807) is 29.6 Å². The van der Waals surface area contributed by atoms with Crippen molar-refractivity contribution in [2.24, 2.45) is 5.73 Å². The summed E-state index contributed by atoms with van der Waals surface area (Å²) in [6.07, 6.45) is 0. The number of nitrogens with two attached hydrogens (primary N) is 1. The van der Waals surface area contributed by atoms with E-state index in [9.17, 15) is 13.2 Å². The van der Waals surface area contributed by atoms with Crippen LogP contribution in [0.25, 0.3) is 0 Å². The lowest BCUT2D eigenvalue weighted by Crippen LogP contribution is -2.40. The number of hydrogen-bond acceptors (Lipinski definition) is 7. The Morgan fingerprint density at radius 2 is 1.96 bits per heavy atom. The fourth-order valence-corrected chi connectivity index (χ4v) is 4.56. The second kappa shape index (κ2) is 8.23. The molecule has 10 heteroatoms. The molecule has 0 unspecified atom stereocenters. The van der Waals surface area contributed by atoms with Crippen LogP contribution in [0.5, 0.6) is 0 Å². The van der Waals surface area contributed by atoms with Gasteiger partial charge in [-0.3, -0.25) is 4.79 Å². The lowest BCUT2D eigenvalue weighted by atomic mass is 10.2. The zero-order valence-electron chi connectivity index (χ0n) is 14.1. The Morgan fingerprint density at radius 1 is 1.27 bits per heavy atom. The smallest absolute Gasteiger partial charge is 0.271 e. The molecule has 8 nitrogen and oxygen atoms in total. The van der Waals surface area contributed by atoms with Gasteiger partial charge in [0.15, 0.2) is 0 Å². The number of morpholine rings is 1. The zero-order valence-corrected chi connectivity index (χ0v) is 15.7. The average molecular weight is 396 g/mol. The number of ether oxygens (including phenoxy) is 1. The van der Waals surface area contributed by atoms with Crippen LogP contribution in [0, 0.1) is 0 Å². The Morgan fingerprint density at radius 3 is 2.58 bits per heavy atom. The highest BCUT2D eigenvalue weighted by atomic mass is 32.2. The second-order valence-corrected chi connectivity index (χ2v) is 8.55. The topological polar surface area (TPSA) is 115 Å². The van der Waals surface area contributed by atoms with Crippen molar-refractivity contribution < 1.29 is 17.9 Å². The van der Waals surface area contributed by atoms with E-state index < -0.39 is 10.0 Å². The predicted octanol–water partition coefficient (Wildman–Crippen LogP) is 0.553. The van der Waals surface area contributed by atoms with E-state index in [1.165, 1.54) is 15.6 Å². The molecule has 2 heterocycles. The molecule has 3 N–H and O–H groups in total. The number of amides is 1. The maximum Gasteiger partial charge on any atom is 0.271 e. The lowest BCUT2D eigenvalue weighted by molar-refractivity contribution is 0.0730. The van der Waals surface area contributed by atoms with Crippen molar-refractivity contribution in [1.82, 2.24) is 14.6 Å². The first-order valence-corrected chi connectivity index (χ1v) is 10.4. The van der Waals surface area contributed by atoms with Crippen molar-refractivity contribution in [3.63, 3.8) is 0 Å². The van der Waals surface area contributed by atoms with Crippen LogP contribution in [-0.4, -0.2) is 49.9 Å². The van der Waals surface area contributed by atoms with Gasteiger partial charge in [0.1, 0.15) is 10.7 Å². The number of carbonyl (C=O) groups excluding carboxylic acids is 1. The molecule has 1 fully saturated rings. The third-order valence-corrected chi connectivity index (χ3v) is 6.73. The van der Waals surface area contributed by atoms with Crippen LogP contribution >= 0.6 is 11.3 Å². The SMILES string of the molecule is NCc1nc(C(=O)NCc2ccc(S(=O)(=O)N3CCOCC3)cc2)cs1. The van der Waals surface area contributed by atoms with Crippen molar-refractivity contribution in [1.29, 1.82) is 0 Å². The summed E-state index contributed by atoms with van der Waals surface area (Å²) in [5, 5.41) is 5.13. The van der Waals surface area contributed by atoms with Gasteiger partial charge in [-0.15, -0.1) is 11.3 Å². The zero-order chi connectivity index (χ0) is 18.6. The van der Waals surface area contributed by atoms with Crippen molar-refractivity contribution in [3.8, 4) is 0 Å². The summed E-state index contributed by atoms with van der Waals surface area (Å²) in [5.74, 6) is -0.286. The van der Waals surface area contributed by atoms with Crippen LogP contribution < -0.4 is 11.1 Å². The molecule has 0 spiro atoms. The van der Waals surface area contributed by atoms with E-state index in [2.05, 4.69) is 10.3 Å². The summed E-state index contributed by atoms with van der Waals surface area (Å²) >= 11 is 1.34. The molecule has 1 saturated heterocycles. The molecule has 0 saturated carbocycles.